The normalized spacial score (nSPS) is 16.6. The van der Waals surface area contributed by atoms with Crippen LogP contribution in [0.3, 0.4) is 0 Å². The number of carbonyl (C=O) groups excluding carboxylic acids is 1. The van der Waals surface area contributed by atoms with Crippen LogP contribution in [0.25, 0.3) is 0 Å². The summed E-state index contributed by atoms with van der Waals surface area (Å²) in [4.78, 5) is 22.2. The Hall–Kier alpha value is -3.36. The molecule has 0 N–H and O–H groups in total. The molecule has 1 aliphatic rings. The zero-order valence-electron chi connectivity index (χ0n) is 15.9. The fourth-order valence-corrected chi connectivity index (χ4v) is 3.36. The summed E-state index contributed by atoms with van der Waals surface area (Å²) in [6.45, 7) is 1.44. The molecule has 4 rings (SSSR count). The fraction of sp³-hybridized carbons (Fsp3) is 0.286. The Morgan fingerprint density at radius 1 is 1.17 bits per heavy atom. The van der Waals surface area contributed by atoms with E-state index in [1.807, 2.05) is 22.9 Å². The third-order valence-electron chi connectivity index (χ3n) is 4.91. The Labute approximate surface area is 170 Å². The minimum absolute atomic E-state index is 0.0898. The van der Waals surface area contributed by atoms with E-state index < -0.39 is 17.8 Å². The van der Waals surface area contributed by atoms with E-state index in [-0.39, 0.29) is 11.8 Å². The SMILES string of the molecule is O=C(c1ccc(Cn2ccnc2)cc1)N1CC[C@H](Oc2cc(C(F)(F)F)ccn2)C1. The van der Waals surface area contributed by atoms with Gasteiger partial charge >= 0.3 is 6.18 Å². The Kier molecular flexibility index (Phi) is 5.43. The molecule has 0 bridgehead atoms. The summed E-state index contributed by atoms with van der Waals surface area (Å²) in [6, 6.07) is 9.11. The van der Waals surface area contributed by atoms with Gasteiger partial charge < -0.3 is 14.2 Å². The highest BCUT2D eigenvalue weighted by Crippen LogP contribution is 2.31. The van der Waals surface area contributed by atoms with Gasteiger partial charge in [0, 0.05) is 49.7 Å². The molecule has 9 heteroatoms. The number of halogens is 3. The number of likely N-dealkylation sites (tertiary alicyclic amines) is 1. The number of nitrogens with zero attached hydrogens (tertiary/aromatic N) is 4. The minimum Gasteiger partial charge on any atom is -0.472 e. The maximum Gasteiger partial charge on any atom is 0.416 e. The van der Waals surface area contributed by atoms with Crippen LogP contribution in [0, 0.1) is 0 Å². The van der Waals surface area contributed by atoms with Crippen molar-refractivity contribution in [3.05, 3.63) is 78.0 Å². The van der Waals surface area contributed by atoms with E-state index in [0.717, 1.165) is 23.9 Å². The van der Waals surface area contributed by atoms with Crippen LogP contribution in [0.15, 0.2) is 61.3 Å². The van der Waals surface area contributed by atoms with Crippen molar-refractivity contribution in [1.82, 2.24) is 19.4 Å². The molecule has 0 aliphatic carbocycles. The van der Waals surface area contributed by atoms with Crippen molar-refractivity contribution >= 4 is 5.91 Å². The lowest BCUT2D eigenvalue weighted by Gasteiger charge is -2.17. The van der Waals surface area contributed by atoms with Crippen LogP contribution in [0.2, 0.25) is 0 Å². The molecule has 156 valence electrons. The van der Waals surface area contributed by atoms with E-state index >= 15 is 0 Å². The molecule has 1 aromatic carbocycles. The summed E-state index contributed by atoms with van der Waals surface area (Å²) in [5.41, 5.74) is 0.791. The standard InChI is InChI=1S/C21H19F3N4O2/c22-21(23,24)17-5-7-26-19(11-17)30-18-6-9-28(13-18)20(29)16-3-1-15(2-4-16)12-27-10-8-25-14-27/h1-5,7-8,10-11,14,18H,6,9,12-13H2/t18-/m0/s1. The van der Waals surface area contributed by atoms with Gasteiger partial charge in [-0.1, -0.05) is 12.1 Å². The van der Waals surface area contributed by atoms with Crippen molar-refractivity contribution in [3.63, 3.8) is 0 Å². The molecule has 0 spiro atoms. The van der Waals surface area contributed by atoms with Gasteiger partial charge in [-0.05, 0) is 23.8 Å². The summed E-state index contributed by atoms with van der Waals surface area (Å²) in [5, 5.41) is 0. The summed E-state index contributed by atoms with van der Waals surface area (Å²) in [7, 11) is 0. The monoisotopic (exact) mass is 416 g/mol. The Bertz CT molecular complexity index is 1000. The zero-order chi connectivity index (χ0) is 21.1. The second-order valence-corrected chi connectivity index (χ2v) is 7.09. The van der Waals surface area contributed by atoms with Crippen molar-refractivity contribution in [3.8, 4) is 5.88 Å². The van der Waals surface area contributed by atoms with Crippen LogP contribution in [0.1, 0.15) is 27.9 Å². The van der Waals surface area contributed by atoms with Crippen LogP contribution in [0.4, 0.5) is 13.2 Å². The van der Waals surface area contributed by atoms with Crippen LogP contribution in [0.5, 0.6) is 5.88 Å². The second-order valence-electron chi connectivity index (χ2n) is 7.09. The van der Waals surface area contributed by atoms with E-state index in [4.69, 9.17) is 4.74 Å². The molecule has 3 heterocycles. The van der Waals surface area contributed by atoms with Gasteiger partial charge in [0.05, 0.1) is 18.4 Å². The number of alkyl halides is 3. The molecule has 1 saturated heterocycles. The Morgan fingerprint density at radius 3 is 2.67 bits per heavy atom. The van der Waals surface area contributed by atoms with Gasteiger partial charge in [-0.15, -0.1) is 0 Å². The minimum atomic E-state index is -4.46. The highest BCUT2D eigenvalue weighted by atomic mass is 19.4. The van der Waals surface area contributed by atoms with Crippen molar-refractivity contribution in [1.29, 1.82) is 0 Å². The molecular weight excluding hydrogens is 397 g/mol. The molecule has 1 aliphatic heterocycles. The van der Waals surface area contributed by atoms with Gasteiger partial charge in [-0.2, -0.15) is 13.2 Å². The average Bonchev–Trinajstić information content (AvgIpc) is 3.40. The van der Waals surface area contributed by atoms with Crippen molar-refractivity contribution in [2.75, 3.05) is 13.1 Å². The lowest BCUT2D eigenvalue weighted by molar-refractivity contribution is -0.137. The molecule has 1 fully saturated rings. The Balaban J connectivity index is 1.35. The van der Waals surface area contributed by atoms with Gasteiger partial charge in [0.15, 0.2) is 0 Å². The van der Waals surface area contributed by atoms with Crippen LogP contribution in [-0.4, -0.2) is 44.5 Å². The van der Waals surface area contributed by atoms with Crippen molar-refractivity contribution < 1.29 is 22.7 Å². The number of carbonyl (C=O) groups is 1. The van der Waals surface area contributed by atoms with Gasteiger partial charge in [0.2, 0.25) is 5.88 Å². The molecule has 0 unspecified atom stereocenters. The predicted octanol–water partition coefficient (Wildman–Crippen LogP) is 3.64. The summed E-state index contributed by atoms with van der Waals surface area (Å²) in [6.07, 6.45) is 2.04. The van der Waals surface area contributed by atoms with Crippen LogP contribution < -0.4 is 4.74 Å². The van der Waals surface area contributed by atoms with Crippen molar-refractivity contribution in [2.24, 2.45) is 0 Å². The topological polar surface area (TPSA) is 60.2 Å². The summed E-state index contributed by atoms with van der Waals surface area (Å²) in [5.74, 6) is -0.222. The third-order valence-corrected chi connectivity index (χ3v) is 4.91. The van der Waals surface area contributed by atoms with Gasteiger partial charge in [-0.25, -0.2) is 9.97 Å². The van der Waals surface area contributed by atoms with Gasteiger partial charge in [-0.3, -0.25) is 4.79 Å². The smallest absolute Gasteiger partial charge is 0.416 e. The molecule has 1 atom stereocenters. The number of hydrogen-bond donors (Lipinski definition) is 0. The largest absolute Gasteiger partial charge is 0.472 e. The van der Waals surface area contributed by atoms with E-state index in [1.54, 1.807) is 29.6 Å². The first-order chi connectivity index (χ1) is 14.4. The number of imidazole rings is 1. The van der Waals surface area contributed by atoms with Crippen LogP contribution in [-0.2, 0) is 12.7 Å². The first-order valence-electron chi connectivity index (χ1n) is 9.42. The lowest BCUT2D eigenvalue weighted by Crippen LogP contribution is -2.31. The molecular formula is C21H19F3N4O2. The quantitative estimate of drug-likeness (QED) is 0.637. The number of pyridine rings is 1. The number of amides is 1. The fourth-order valence-electron chi connectivity index (χ4n) is 3.36. The van der Waals surface area contributed by atoms with Gasteiger partial charge in [0.25, 0.3) is 5.91 Å². The molecule has 6 nitrogen and oxygen atoms in total. The number of rotatable bonds is 5. The highest BCUT2D eigenvalue weighted by Gasteiger charge is 2.32. The lowest BCUT2D eigenvalue weighted by atomic mass is 10.1. The average molecular weight is 416 g/mol. The summed E-state index contributed by atoms with van der Waals surface area (Å²) >= 11 is 0. The van der Waals surface area contributed by atoms with E-state index in [1.165, 1.54) is 0 Å². The number of ether oxygens (including phenoxy) is 1. The Morgan fingerprint density at radius 2 is 1.97 bits per heavy atom. The predicted molar refractivity (Wildman–Crippen MR) is 102 cm³/mol. The number of hydrogen-bond acceptors (Lipinski definition) is 4. The molecule has 1 amide bonds. The van der Waals surface area contributed by atoms with E-state index in [9.17, 15) is 18.0 Å². The first kappa shape index (κ1) is 19.9. The zero-order valence-corrected chi connectivity index (χ0v) is 15.9. The number of aromatic nitrogens is 3. The molecule has 0 radical (unpaired) electrons. The molecule has 0 saturated carbocycles. The van der Waals surface area contributed by atoms with E-state index in [2.05, 4.69) is 9.97 Å². The van der Waals surface area contributed by atoms with E-state index in [0.29, 0.717) is 31.6 Å². The maximum absolute atomic E-state index is 12.8. The maximum atomic E-state index is 12.8. The molecule has 3 aromatic rings. The summed E-state index contributed by atoms with van der Waals surface area (Å²) < 4.78 is 46.0. The first-order valence-corrected chi connectivity index (χ1v) is 9.42. The molecule has 2 aromatic heterocycles. The molecule has 30 heavy (non-hydrogen) atoms. The van der Waals surface area contributed by atoms with Crippen LogP contribution >= 0.6 is 0 Å². The van der Waals surface area contributed by atoms with Crippen molar-refractivity contribution in [2.45, 2.75) is 25.2 Å². The number of benzene rings is 1. The highest BCUT2D eigenvalue weighted by molar-refractivity contribution is 5.94. The van der Waals surface area contributed by atoms with Gasteiger partial charge in [0.1, 0.15) is 6.10 Å². The third kappa shape index (κ3) is 4.61. The second kappa shape index (κ2) is 8.17.